The van der Waals surface area contributed by atoms with Gasteiger partial charge in [0.15, 0.2) is 0 Å². The van der Waals surface area contributed by atoms with Gasteiger partial charge in [-0.1, -0.05) is 6.07 Å². The molecule has 0 aliphatic carbocycles. The van der Waals surface area contributed by atoms with Crippen molar-refractivity contribution in [2.45, 2.75) is 19.9 Å². The van der Waals surface area contributed by atoms with Gasteiger partial charge in [0.05, 0.1) is 19.3 Å². The van der Waals surface area contributed by atoms with Crippen LogP contribution in [-0.2, 0) is 9.53 Å². The van der Waals surface area contributed by atoms with Crippen LogP contribution in [0.4, 0.5) is 0 Å². The Balaban J connectivity index is 2.16. The molecule has 0 spiro atoms. The molecule has 1 aliphatic heterocycles. The molecule has 1 aromatic heterocycles. The molecule has 1 fully saturated rings. The van der Waals surface area contributed by atoms with Gasteiger partial charge in [-0.2, -0.15) is 0 Å². The number of pyridine rings is 1. The molecule has 2 rings (SSSR count). The maximum atomic E-state index is 12.1. The van der Waals surface area contributed by atoms with Crippen LogP contribution < -0.4 is 5.32 Å². The lowest BCUT2D eigenvalue weighted by atomic mass is 9.85. The second-order valence-corrected chi connectivity index (χ2v) is 4.93. The quantitative estimate of drug-likeness (QED) is 0.835. The number of nitrogens with zero attached hydrogens (tertiary/aromatic N) is 1. The van der Waals surface area contributed by atoms with Crippen molar-refractivity contribution in [3.05, 3.63) is 29.6 Å². The molecule has 6 heteroatoms. The summed E-state index contributed by atoms with van der Waals surface area (Å²) in [5, 5.41) is 11.9. The molecule has 6 nitrogen and oxygen atoms in total. The first kappa shape index (κ1) is 13.5. The van der Waals surface area contributed by atoms with Crippen LogP contribution in [0.25, 0.3) is 0 Å². The summed E-state index contributed by atoms with van der Waals surface area (Å²) < 4.78 is 5.19. The smallest absolute Gasteiger partial charge is 0.313 e. The molecule has 0 bridgehead atoms. The summed E-state index contributed by atoms with van der Waals surface area (Å²) in [5.74, 6) is -1.35. The first-order valence-corrected chi connectivity index (χ1v) is 5.99. The van der Waals surface area contributed by atoms with E-state index in [-0.39, 0.29) is 19.1 Å². The molecule has 2 atom stereocenters. The number of carbonyl (C=O) groups excluding carboxylic acids is 1. The minimum Gasteiger partial charge on any atom is -0.481 e. The van der Waals surface area contributed by atoms with Gasteiger partial charge >= 0.3 is 5.97 Å². The van der Waals surface area contributed by atoms with Crippen LogP contribution in [0.5, 0.6) is 0 Å². The topological polar surface area (TPSA) is 88.5 Å². The van der Waals surface area contributed by atoms with Crippen LogP contribution in [0.2, 0.25) is 0 Å². The van der Waals surface area contributed by atoms with Crippen LogP contribution >= 0.6 is 0 Å². The maximum Gasteiger partial charge on any atom is 0.313 e. The second-order valence-electron chi connectivity index (χ2n) is 4.93. The lowest BCUT2D eigenvalue weighted by Gasteiger charge is -2.25. The van der Waals surface area contributed by atoms with Crippen molar-refractivity contribution in [2.24, 2.45) is 5.41 Å². The van der Waals surface area contributed by atoms with Gasteiger partial charge in [0, 0.05) is 6.20 Å². The highest BCUT2D eigenvalue weighted by Gasteiger charge is 2.47. The Morgan fingerprint density at radius 1 is 1.58 bits per heavy atom. The summed E-state index contributed by atoms with van der Waals surface area (Å²) in [6.45, 7) is 3.64. The number of carbonyl (C=O) groups is 2. The molecule has 2 unspecified atom stereocenters. The molecule has 102 valence electrons. The highest BCUT2D eigenvalue weighted by Crippen LogP contribution is 2.28. The Labute approximate surface area is 110 Å². The summed E-state index contributed by atoms with van der Waals surface area (Å²) in [6, 6.07) is 2.97. The van der Waals surface area contributed by atoms with Crippen molar-refractivity contribution in [1.82, 2.24) is 10.3 Å². The molecule has 0 saturated carbocycles. The van der Waals surface area contributed by atoms with Gasteiger partial charge < -0.3 is 15.2 Å². The lowest BCUT2D eigenvalue weighted by molar-refractivity contribution is -0.148. The molecule has 2 N–H and O–H groups in total. The minimum atomic E-state index is -1.10. The van der Waals surface area contributed by atoms with E-state index in [1.54, 1.807) is 26.0 Å². The number of rotatable bonds is 3. The fraction of sp³-hybridized carbons (Fsp3) is 0.462. The zero-order valence-corrected chi connectivity index (χ0v) is 10.8. The molecule has 1 amide bonds. The summed E-state index contributed by atoms with van der Waals surface area (Å²) in [4.78, 5) is 27.4. The zero-order chi connectivity index (χ0) is 14.0. The van der Waals surface area contributed by atoms with Crippen molar-refractivity contribution in [1.29, 1.82) is 0 Å². The van der Waals surface area contributed by atoms with Crippen LogP contribution in [0.1, 0.15) is 23.0 Å². The summed E-state index contributed by atoms with van der Waals surface area (Å²) in [6.07, 6.45) is 1.53. The van der Waals surface area contributed by atoms with Gasteiger partial charge in [-0.05, 0) is 25.5 Å². The van der Waals surface area contributed by atoms with Gasteiger partial charge in [0.25, 0.3) is 5.91 Å². The fourth-order valence-electron chi connectivity index (χ4n) is 2.04. The number of aryl methyl sites for hydroxylation is 1. The molecule has 1 saturated heterocycles. The zero-order valence-electron chi connectivity index (χ0n) is 10.8. The number of ether oxygens (including phenoxy) is 1. The predicted molar refractivity (Wildman–Crippen MR) is 66.8 cm³/mol. The number of amides is 1. The van der Waals surface area contributed by atoms with Crippen LogP contribution in [0.15, 0.2) is 18.3 Å². The van der Waals surface area contributed by atoms with Gasteiger partial charge in [-0.25, -0.2) is 0 Å². The number of hydrogen-bond acceptors (Lipinski definition) is 4. The van der Waals surface area contributed by atoms with E-state index in [2.05, 4.69) is 10.3 Å². The molecule has 0 aromatic carbocycles. The molecule has 0 radical (unpaired) electrons. The number of aromatic nitrogens is 1. The standard InChI is InChI=1S/C13H16N2O4/c1-8-4-3-5-14-10(8)11(16)15-9-6-19-7-13(9,2)12(17)18/h3-5,9H,6-7H2,1-2H3,(H,15,16)(H,17,18). The van der Waals surface area contributed by atoms with Gasteiger partial charge in [0.1, 0.15) is 11.1 Å². The van der Waals surface area contributed by atoms with Crippen LogP contribution in [-0.4, -0.2) is 41.2 Å². The highest BCUT2D eigenvalue weighted by atomic mass is 16.5. The van der Waals surface area contributed by atoms with E-state index in [9.17, 15) is 14.7 Å². The van der Waals surface area contributed by atoms with E-state index in [1.165, 1.54) is 6.20 Å². The van der Waals surface area contributed by atoms with E-state index in [0.717, 1.165) is 5.56 Å². The Kier molecular flexibility index (Phi) is 3.53. The van der Waals surface area contributed by atoms with E-state index in [4.69, 9.17) is 4.74 Å². The van der Waals surface area contributed by atoms with Gasteiger partial charge in [0.2, 0.25) is 0 Å². The minimum absolute atomic E-state index is 0.0917. The normalized spacial score (nSPS) is 26.1. The van der Waals surface area contributed by atoms with Gasteiger partial charge in [-0.3, -0.25) is 14.6 Å². The van der Waals surface area contributed by atoms with Crippen molar-refractivity contribution < 1.29 is 19.4 Å². The first-order chi connectivity index (χ1) is 8.95. The SMILES string of the molecule is Cc1cccnc1C(=O)NC1COCC1(C)C(=O)O. The first-order valence-electron chi connectivity index (χ1n) is 5.99. The average molecular weight is 264 g/mol. The number of carboxylic acid groups (broad SMARTS) is 1. The Bertz CT molecular complexity index is 517. The van der Waals surface area contributed by atoms with Crippen molar-refractivity contribution in [3.8, 4) is 0 Å². The van der Waals surface area contributed by atoms with E-state index < -0.39 is 17.4 Å². The monoisotopic (exact) mass is 264 g/mol. The van der Waals surface area contributed by atoms with Crippen molar-refractivity contribution in [2.75, 3.05) is 13.2 Å². The average Bonchev–Trinajstić information content (AvgIpc) is 2.73. The molecule has 1 aromatic rings. The van der Waals surface area contributed by atoms with E-state index >= 15 is 0 Å². The Morgan fingerprint density at radius 3 is 2.95 bits per heavy atom. The van der Waals surface area contributed by atoms with Crippen molar-refractivity contribution >= 4 is 11.9 Å². The number of aliphatic carboxylic acids is 1. The maximum absolute atomic E-state index is 12.1. The van der Waals surface area contributed by atoms with Crippen LogP contribution in [0, 0.1) is 12.3 Å². The number of carboxylic acids is 1. The van der Waals surface area contributed by atoms with Crippen molar-refractivity contribution in [3.63, 3.8) is 0 Å². The molecule has 19 heavy (non-hydrogen) atoms. The fourth-order valence-corrected chi connectivity index (χ4v) is 2.04. The van der Waals surface area contributed by atoms with Gasteiger partial charge in [-0.15, -0.1) is 0 Å². The largest absolute Gasteiger partial charge is 0.481 e. The van der Waals surface area contributed by atoms with E-state index in [1.807, 2.05) is 0 Å². The third-order valence-electron chi connectivity index (χ3n) is 3.47. The van der Waals surface area contributed by atoms with E-state index in [0.29, 0.717) is 5.69 Å². The molecular formula is C13H16N2O4. The summed E-state index contributed by atoms with van der Waals surface area (Å²) in [5.41, 5.74) is -0.0451. The van der Waals surface area contributed by atoms with Crippen LogP contribution in [0.3, 0.4) is 0 Å². The third-order valence-corrected chi connectivity index (χ3v) is 3.47. The summed E-state index contributed by atoms with van der Waals surface area (Å²) in [7, 11) is 0. The Morgan fingerprint density at radius 2 is 2.32 bits per heavy atom. The summed E-state index contributed by atoms with van der Waals surface area (Å²) >= 11 is 0. The molecule has 2 heterocycles. The second kappa shape index (κ2) is 4.97. The number of hydrogen-bond donors (Lipinski definition) is 2. The Hall–Kier alpha value is -1.95. The predicted octanol–water partition coefficient (Wildman–Crippen LogP) is 0.610. The molecular weight excluding hydrogens is 248 g/mol. The molecule has 1 aliphatic rings. The number of nitrogens with one attached hydrogen (secondary N) is 1. The highest BCUT2D eigenvalue weighted by molar-refractivity contribution is 5.94. The lowest BCUT2D eigenvalue weighted by Crippen LogP contribution is -2.49. The third kappa shape index (κ3) is 2.44.